The Kier molecular flexibility index (Phi) is 7.22. The number of hydrogen-bond acceptors (Lipinski definition) is 7. The van der Waals surface area contributed by atoms with E-state index >= 15 is 0 Å². The molecule has 0 rings (SSSR count). The topological polar surface area (TPSA) is 193 Å². The van der Waals surface area contributed by atoms with Crippen LogP contribution >= 0.6 is 0 Å². The lowest BCUT2D eigenvalue weighted by atomic mass is 10.3. The molecule has 0 aromatic rings. The fourth-order valence-electron chi connectivity index (χ4n) is 0.872. The van der Waals surface area contributed by atoms with Crippen LogP contribution in [0.5, 0.6) is 0 Å². The molecule has 104 valence electrons. The molecule has 0 radical (unpaired) electrons. The van der Waals surface area contributed by atoms with Crippen molar-refractivity contribution >= 4 is 0 Å². The van der Waals surface area contributed by atoms with Crippen LogP contribution in [0.15, 0.2) is 10.2 Å². The smallest absolute Gasteiger partial charge is 0.357 e. The van der Waals surface area contributed by atoms with Crippen molar-refractivity contribution in [2.24, 2.45) is 10.2 Å². The Morgan fingerprint density at radius 2 is 1.74 bits per heavy atom. The van der Waals surface area contributed by atoms with Crippen LogP contribution in [-0.4, -0.2) is 35.1 Å². The van der Waals surface area contributed by atoms with Crippen molar-refractivity contribution in [2.45, 2.75) is 25.1 Å². The summed E-state index contributed by atoms with van der Waals surface area (Å²) in [7, 11) is 0. The fourth-order valence-corrected chi connectivity index (χ4v) is 0.872. The van der Waals surface area contributed by atoms with E-state index in [4.69, 9.17) is 11.1 Å². The molecule has 0 aliphatic heterocycles. The van der Waals surface area contributed by atoms with E-state index in [-0.39, 0.29) is 0 Å². The monoisotopic (exact) mass is 278 g/mol. The second-order valence-electron chi connectivity index (χ2n) is 2.92. The van der Waals surface area contributed by atoms with Crippen LogP contribution in [0, 0.1) is 20.2 Å². The second kappa shape index (κ2) is 8.41. The number of ether oxygens (including phenoxy) is 1. The molecule has 0 heterocycles. The minimum absolute atomic E-state index is 0.712. The Morgan fingerprint density at radius 3 is 2.16 bits per heavy atom. The summed E-state index contributed by atoms with van der Waals surface area (Å²) in [5.74, 6) is 0. The van der Waals surface area contributed by atoms with Crippen molar-refractivity contribution in [3.8, 4) is 0 Å². The maximum atomic E-state index is 12.9. The summed E-state index contributed by atoms with van der Waals surface area (Å²) in [6.45, 7) is -1.02. The normalized spacial score (nSPS) is 12.9. The first kappa shape index (κ1) is 16.3. The van der Waals surface area contributed by atoms with Crippen LogP contribution in [0.4, 0.5) is 4.39 Å². The maximum Gasteiger partial charge on any atom is 0.473 e. The van der Waals surface area contributed by atoms with Crippen LogP contribution in [-0.2, 0) is 4.74 Å². The molecular formula is C5H7FN8O5. The SMILES string of the molecule is [N-]=[N+]=NC(F)CC(N=[N+]=[N-])OCC([N+](=O)[O-])[N+](=O)[O-]. The zero-order chi connectivity index (χ0) is 14.8. The standard InChI is InChI=1S/C5H7FN8O5/c6-3(9-11-7)1-4(10-12-8)19-2-5(13(15)16)14(17)18/h3-5H,1-2H2. The Hall–Kier alpha value is -2.69. The first-order valence-electron chi connectivity index (χ1n) is 4.53. The van der Waals surface area contributed by atoms with Gasteiger partial charge in [0.05, 0.1) is 9.85 Å². The summed E-state index contributed by atoms with van der Waals surface area (Å²) in [5, 5.41) is 26.1. The van der Waals surface area contributed by atoms with Gasteiger partial charge >= 0.3 is 6.17 Å². The lowest BCUT2D eigenvalue weighted by molar-refractivity contribution is -0.744. The van der Waals surface area contributed by atoms with Gasteiger partial charge in [-0.05, 0) is 11.1 Å². The number of azide groups is 2. The molecule has 0 spiro atoms. The summed E-state index contributed by atoms with van der Waals surface area (Å²) < 4.78 is 17.4. The molecular weight excluding hydrogens is 271 g/mol. The van der Waals surface area contributed by atoms with Crippen molar-refractivity contribution in [3.05, 3.63) is 41.1 Å². The van der Waals surface area contributed by atoms with E-state index in [0.29, 0.717) is 0 Å². The van der Waals surface area contributed by atoms with Crippen LogP contribution < -0.4 is 0 Å². The van der Waals surface area contributed by atoms with Gasteiger partial charge in [-0.1, -0.05) is 10.2 Å². The molecule has 0 aromatic heterocycles. The van der Waals surface area contributed by atoms with Gasteiger partial charge in [-0.15, -0.1) is 0 Å². The number of rotatable bonds is 9. The third-order valence-corrected chi connectivity index (χ3v) is 1.68. The minimum atomic E-state index is -2.27. The van der Waals surface area contributed by atoms with E-state index in [9.17, 15) is 24.6 Å². The molecule has 19 heavy (non-hydrogen) atoms. The molecule has 0 amide bonds. The molecule has 14 heteroatoms. The van der Waals surface area contributed by atoms with E-state index in [1.54, 1.807) is 0 Å². The highest BCUT2D eigenvalue weighted by Gasteiger charge is 2.33. The highest BCUT2D eigenvalue weighted by Crippen LogP contribution is 2.10. The molecule has 0 saturated carbocycles. The zero-order valence-electron chi connectivity index (χ0n) is 9.14. The first-order chi connectivity index (χ1) is 8.92. The van der Waals surface area contributed by atoms with E-state index < -0.39 is 41.6 Å². The molecule has 0 aliphatic carbocycles. The van der Waals surface area contributed by atoms with Gasteiger partial charge in [0.2, 0.25) is 0 Å². The molecule has 0 N–H and O–H groups in total. The van der Waals surface area contributed by atoms with E-state index in [1.165, 1.54) is 0 Å². The Labute approximate surface area is 103 Å². The number of hydrogen-bond donors (Lipinski definition) is 0. The van der Waals surface area contributed by atoms with E-state index in [1.807, 2.05) is 0 Å². The summed E-state index contributed by atoms with van der Waals surface area (Å²) in [6, 6.07) is 0. The number of alkyl halides is 1. The predicted molar refractivity (Wildman–Crippen MR) is 55.3 cm³/mol. The van der Waals surface area contributed by atoms with Crippen LogP contribution in [0.1, 0.15) is 6.42 Å². The molecule has 0 aromatic carbocycles. The van der Waals surface area contributed by atoms with Gasteiger partial charge in [0.1, 0.15) is 6.23 Å². The summed E-state index contributed by atoms with van der Waals surface area (Å²) >= 11 is 0. The van der Waals surface area contributed by atoms with E-state index in [2.05, 4.69) is 24.8 Å². The zero-order valence-corrected chi connectivity index (χ0v) is 9.14. The molecule has 0 bridgehead atoms. The van der Waals surface area contributed by atoms with Crippen LogP contribution in [0.2, 0.25) is 0 Å². The van der Waals surface area contributed by atoms with Gasteiger partial charge < -0.3 is 4.74 Å². The van der Waals surface area contributed by atoms with Crippen LogP contribution in [0.3, 0.4) is 0 Å². The van der Waals surface area contributed by atoms with Crippen molar-refractivity contribution < 1.29 is 19.0 Å². The minimum Gasteiger partial charge on any atom is -0.357 e. The number of nitro groups is 2. The summed E-state index contributed by atoms with van der Waals surface area (Å²) in [4.78, 5) is 22.5. The first-order valence-corrected chi connectivity index (χ1v) is 4.53. The highest BCUT2D eigenvalue weighted by molar-refractivity contribution is 4.63. The summed E-state index contributed by atoms with van der Waals surface area (Å²) in [5.41, 5.74) is 16.1. The van der Waals surface area contributed by atoms with Crippen molar-refractivity contribution in [2.75, 3.05) is 6.61 Å². The Morgan fingerprint density at radius 1 is 1.21 bits per heavy atom. The average molecular weight is 278 g/mol. The Balaban J connectivity index is 4.58. The van der Waals surface area contributed by atoms with Gasteiger partial charge in [0, 0.05) is 16.2 Å². The molecule has 0 aliphatic rings. The lowest BCUT2D eigenvalue weighted by Crippen LogP contribution is -2.35. The molecule has 0 saturated heterocycles. The lowest BCUT2D eigenvalue weighted by Gasteiger charge is -2.12. The van der Waals surface area contributed by atoms with Crippen molar-refractivity contribution in [1.29, 1.82) is 0 Å². The maximum absolute atomic E-state index is 12.9. The van der Waals surface area contributed by atoms with Gasteiger partial charge in [-0.2, -0.15) is 0 Å². The second-order valence-corrected chi connectivity index (χ2v) is 2.92. The van der Waals surface area contributed by atoms with Gasteiger partial charge in [-0.3, -0.25) is 20.2 Å². The van der Waals surface area contributed by atoms with Gasteiger partial charge in [-0.25, -0.2) is 4.39 Å². The Bertz CT molecular complexity index is 417. The quantitative estimate of drug-likeness (QED) is 0.117. The van der Waals surface area contributed by atoms with E-state index in [0.717, 1.165) is 0 Å². The molecule has 2 atom stereocenters. The predicted octanol–water partition coefficient (Wildman–Crippen LogP) is 1.51. The third-order valence-electron chi connectivity index (χ3n) is 1.68. The van der Waals surface area contributed by atoms with Gasteiger partial charge in [0.25, 0.3) is 0 Å². The summed E-state index contributed by atoms with van der Waals surface area (Å²) in [6.07, 6.45) is -6.64. The van der Waals surface area contributed by atoms with Crippen molar-refractivity contribution in [1.82, 2.24) is 0 Å². The fraction of sp³-hybridized carbons (Fsp3) is 1.00. The number of nitrogens with zero attached hydrogens (tertiary/aromatic N) is 8. The number of halogens is 1. The third kappa shape index (κ3) is 6.58. The van der Waals surface area contributed by atoms with Gasteiger partial charge in [0.15, 0.2) is 12.9 Å². The van der Waals surface area contributed by atoms with Crippen LogP contribution in [0.25, 0.3) is 20.9 Å². The molecule has 13 nitrogen and oxygen atoms in total. The molecule has 2 unspecified atom stereocenters. The molecule has 0 fully saturated rings. The largest absolute Gasteiger partial charge is 0.473 e. The highest BCUT2D eigenvalue weighted by atomic mass is 19.1. The average Bonchev–Trinajstić information content (AvgIpc) is 2.28. The van der Waals surface area contributed by atoms with Crippen molar-refractivity contribution in [3.63, 3.8) is 0 Å².